The van der Waals surface area contributed by atoms with Gasteiger partial charge in [-0.1, -0.05) is 0 Å². The van der Waals surface area contributed by atoms with E-state index in [1.54, 1.807) is 6.07 Å². The third-order valence-corrected chi connectivity index (χ3v) is 2.77. The Balaban J connectivity index is 2.36. The molecule has 0 aliphatic carbocycles. The highest BCUT2D eigenvalue weighted by atomic mass is 32.2. The van der Waals surface area contributed by atoms with Gasteiger partial charge in [-0.3, -0.25) is 0 Å². The van der Waals surface area contributed by atoms with Crippen LogP contribution in [0.3, 0.4) is 0 Å². The number of carbonyl (C=O) groups is 1. The van der Waals surface area contributed by atoms with Crippen molar-refractivity contribution in [2.24, 2.45) is 0 Å². The summed E-state index contributed by atoms with van der Waals surface area (Å²) >= 11 is 1.04. The van der Waals surface area contributed by atoms with E-state index in [9.17, 15) is 9.18 Å². The highest BCUT2D eigenvalue weighted by Crippen LogP contribution is 2.26. The lowest BCUT2D eigenvalue weighted by molar-refractivity contribution is 0.0691. The number of rotatable bonds is 3. The molecule has 86 valence electrons. The number of carboxylic acids is 1. The van der Waals surface area contributed by atoms with Gasteiger partial charge in [-0.25, -0.2) is 24.1 Å². The van der Waals surface area contributed by atoms with Crippen LogP contribution in [-0.2, 0) is 0 Å². The summed E-state index contributed by atoms with van der Waals surface area (Å²) in [6.07, 6.45) is 3.83. The maximum atomic E-state index is 12.9. The van der Waals surface area contributed by atoms with Gasteiger partial charge in [-0.05, 0) is 23.9 Å². The van der Waals surface area contributed by atoms with Gasteiger partial charge in [0.15, 0.2) is 0 Å². The van der Waals surface area contributed by atoms with Crippen LogP contribution in [0.2, 0.25) is 0 Å². The zero-order valence-electron chi connectivity index (χ0n) is 8.37. The van der Waals surface area contributed by atoms with Crippen molar-refractivity contribution in [3.8, 4) is 0 Å². The van der Waals surface area contributed by atoms with Gasteiger partial charge in [0.1, 0.15) is 22.2 Å². The number of halogens is 1. The first-order chi connectivity index (χ1) is 8.16. The van der Waals surface area contributed by atoms with E-state index in [-0.39, 0.29) is 10.6 Å². The molecule has 0 atom stereocenters. The van der Waals surface area contributed by atoms with Gasteiger partial charge in [0.25, 0.3) is 0 Å². The van der Waals surface area contributed by atoms with Crippen molar-refractivity contribution in [2.45, 2.75) is 10.1 Å². The van der Waals surface area contributed by atoms with Crippen LogP contribution >= 0.6 is 11.8 Å². The molecule has 1 N–H and O–H groups in total. The maximum Gasteiger partial charge on any atom is 0.338 e. The Kier molecular flexibility index (Phi) is 3.29. The van der Waals surface area contributed by atoms with E-state index in [1.165, 1.54) is 12.5 Å². The van der Waals surface area contributed by atoms with Crippen molar-refractivity contribution >= 4 is 17.7 Å². The fourth-order valence-corrected chi connectivity index (χ4v) is 1.89. The molecule has 0 unspecified atom stereocenters. The molecular formula is C10H6FN3O2S. The van der Waals surface area contributed by atoms with Gasteiger partial charge in [-0.15, -0.1) is 0 Å². The smallest absolute Gasteiger partial charge is 0.338 e. The van der Waals surface area contributed by atoms with Crippen LogP contribution in [-0.4, -0.2) is 26.0 Å². The van der Waals surface area contributed by atoms with Crippen LogP contribution in [0.15, 0.2) is 40.9 Å². The van der Waals surface area contributed by atoms with Crippen LogP contribution in [0.1, 0.15) is 10.4 Å². The van der Waals surface area contributed by atoms with Crippen molar-refractivity contribution in [2.75, 3.05) is 0 Å². The Morgan fingerprint density at radius 3 is 2.88 bits per heavy atom. The average molecular weight is 251 g/mol. The molecule has 2 heterocycles. The van der Waals surface area contributed by atoms with Gasteiger partial charge in [0.05, 0.1) is 11.8 Å². The Morgan fingerprint density at radius 1 is 1.41 bits per heavy atom. The molecule has 0 radical (unpaired) electrons. The molecule has 0 saturated carbocycles. The predicted molar refractivity (Wildman–Crippen MR) is 57.3 cm³/mol. The summed E-state index contributed by atoms with van der Waals surface area (Å²) < 4.78 is 12.9. The van der Waals surface area contributed by atoms with Gasteiger partial charge < -0.3 is 5.11 Å². The van der Waals surface area contributed by atoms with E-state index in [1.807, 2.05) is 0 Å². The van der Waals surface area contributed by atoms with E-state index in [0.29, 0.717) is 5.03 Å². The number of aromatic nitrogens is 3. The first-order valence-electron chi connectivity index (χ1n) is 4.49. The zero-order chi connectivity index (χ0) is 12.3. The predicted octanol–water partition coefficient (Wildman–Crippen LogP) is 1.86. The molecule has 2 aromatic rings. The number of aromatic carboxylic acids is 1. The second-order valence-electron chi connectivity index (χ2n) is 2.96. The lowest BCUT2D eigenvalue weighted by Gasteiger charge is -2.03. The molecule has 5 nitrogen and oxygen atoms in total. The second kappa shape index (κ2) is 4.88. The van der Waals surface area contributed by atoms with Crippen molar-refractivity contribution in [1.82, 2.24) is 15.0 Å². The SMILES string of the molecule is O=C(O)c1cc(F)cnc1Sc1ccncn1. The van der Waals surface area contributed by atoms with E-state index in [0.717, 1.165) is 24.0 Å². The van der Waals surface area contributed by atoms with Crippen molar-refractivity contribution in [3.63, 3.8) is 0 Å². The number of nitrogens with zero attached hydrogens (tertiary/aromatic N) is 3. The van der Waals surface area contributed by atoms with Crippen molar-refractivity contribution in [3.05, 3.63) is 42.2 Å². The minimum absolute atomic E-state index is 0.186. The highest BCUT2D eigenvalue weighted by Gasteiger charge is 2.14. The lowest BCUT2D eigenvalue weighted by atomic mass is 10.3. The largest absolute Gasteiger partial charge is 0.478 e. The van der Waals surface area contributed by atoms with Gasteiger partial charge in [0, 0.05) is 6.20 Å². The molecule has 7 heteroatoms. The third kappa shape index (κ3) is 2.76. The summed E-state index contributed by atoms with van der Waals surface area (Å²) in [5.41, 5.74) is -0.186. The molecule has 0 saturated heterocycles. The Bertz CT molecular complexity index is 551. The second-order valence-corrected chi connectivity index (χ2v) is 3.97. The van der Waals surface area contributed by atoms with E-state index >= 15 is 0 Å². The first kappa shape index (κ1) is 11.5. The average Bonchev–Trinajstić information content (AvgIpc) is 2.32. The molecule has 0 amide bonds. The summed E-state index contributed by atoms with van der Waals surface area (Å²) in [6, 6.07) is 2.54. The molecule has 2 rings (SSSR count). The van der Waals surface area contributed by atoms with Gasteiger partial charge in [-0.2, -0.15) is 0 Å². The number of hydrogen-bond donors (Lipinski definition) is 1. The summed E-state index contributed by atoms with van der Waals surface area (Å²) in [5, 5.41) is 9.65. The van der Waals surface area contributed by atoms with Gasteiger partial charge in [0.2, 0.25) is 0 Å². The van der Waals surface area contributed by atoms with Crippen molar-refractivity contribution < 1.29 is 14.3 Å². The number of carboxylic acid groups (broad SMARTS) is 1. The van der Waals surface area contributed by atoms with Gasteiger partial charge >= 0.3 is 5.97 Å². The third-order valence-electron chi connectivity index (χ3n) is 1.80. The van der Waals surface area contributed by atoms with E-state index < -0.39 is 11.8 Å². The quantitative estimate of drug-likeness (QED) is 0.839. The Morgan fingerprint density at radius 2 is 2.24 bits per heavy atom. The standard InChI is InChI=1S/C10H6FN3O2S/c11-6-3-7(10(15)16)9(13-4-6)17-8-1-2-12-5-14-8/h1-5H,(H,15,16). The molecule has 0 bridgehead atoms. The summed E-state index contributed by atoms with van der Waals surface area (Å²) in [7, 11) is 0. The fourth-order valence-electron chi connectivity index (χ4n) is 1.10. The summed E-state index contributed by atoms with van der Waals surface area (Å²) in [6.45, 7) is 0. The molecular weight excluding hydrogens is 245 g/mol. The van der Waals surface area contributed by atoms with Crippen LogP contribution in [0, 0.1) is 5.82 Å². The van der Waals surface area contributed by atoms with Crippen molar-refractivity contribution in [1.29, 1.82) is 0 Å². The first-order valence-corrected chi connectivity index (χ1v) is 5.31. The highest BCUT2D eigenvalue weighted by molar-refractivity contribution is 7.99. The molecule has 0 fully saturated rings. The molecule has 0 aliphatic heterocycles. The van der Waals surface area contributed by atoms with E-state index in [4.69, 9.17) is 5.11 Å². The minimum atomic E-state index is -1.23. The van der Waals surface area contributed by atoms with E-state index in [2.05, 4.69) is 15.0 Å². The molecule has 2 aromatic heterocycles. The topological polar surface area (TPSA) is 76.0 Å². The number of hydrogen-bond acceptors (Lipinski definition) is 5. The van der Waals surface area contributed by atoms with Crippen LogP contribution in [0.25, 0.3) is 0 Å². The monoisotopic (exact) mass is 251 g/mol. The van der Waals surface area contributed by atoms with Crippen LogP contribution < -0.4 is 0 Å². The normalized spacial score (nSPS) is 10.2. The molecule has 17 heavy (non-hydrogen) atoms. The minimum Gasteiger partial charge on any atom is -0.478 e. The zero-order valence-corrected chi connectivity index (χ0v) is 9.19. The Labute approximate surface area is 99.8 Å². The molecule has 0 aromatic carbocycles. The maximum absolute atomic E-state index is 12.9. The number of pyridine rings is 1. The summed E-state index contributed by atoms with van der Waals surface area (Å²) in [5.74, 6) is -1.91. The fraction of sp³-hybridized carbons (Fsp3) is 0. The molecule has 0 aliphatic rings. The lowest BCUT2D eigenvalue weighted by Crippen LogP contribution is -2.02. The summed E-state index contributed by atoms with van der Waals surface area (Å²) in [4.78, 5) is 22.3. The van der Waals surface area contributed by atoms with Crippen LogP contribution in [0.4, 0.5) is 4.39 Å². The Hall–Kier alpha value is -2.02. The van der Waals surface area contributed by atoms with Crippen LogP contribution in [0.5, 0.6) is 0 Å². The molecule has 0 spiro atoms.